The van der Waals surface area contributed by atoms with E-state index in [0.717, 1.165) is 35.4 Å². The van der Waals surface area contributed by atoms with Crippen molar-refractivity contribution in [1.82, 2.24) is 15.2 Å². The van der Waals surface area contributed by atoms with Gasteiger partial charge < -0.3 is 0 Å². The Hall–Kier alpha value is -2.23. The number of nitrogens with zero attached hydrogens (tertiary/aromatic N) is 2. The normalized spacial score (nSPS) is 22.7. The number of hydrogen-bond acceptors (Lipinski definition) is 3. The van der Waals surface area contributed by atoms with Crippen molar-refractivity contribution in [3.8, 4) is 0 Å². The van der Waals surface area contributed by atoms with Gasteiger partial charge in [-0.15, -0.1) is 0 Å². The number of aromatic nitrogens is 3. The fourth-order valence-corrected chi connectivity index (χ4v) is 4.22. The molecule has 4 nitrogen and oxygen atoms in total. The van der Waals surface area contributed by atoms with Crippen LogP contribution in [-0.2, 0) is 11.2 Å². The maximum absolute atomic E-state index is 13.0. The number of hydrogen-bond donors (Lipinski definition) is 1. The molecule has 0 saturated heterocycles. The van der Waals surface area contributed by atoms with Gasteiger partial charge in [0.25, 0.3) is 0 Å². The number of H-pyrrole nitrogens is 1. The van der Waals surface area contributed by atoms with Crippen LogP contribution >= 0.6 is 0 Å². The van der Waals surface area contributed by atoms with Gasteiger partial charge in [0.2, 0.25) is 0 Å². The van der Waals surface area contributed by atoms with E-state index in [1.807, 2.05) is 19.2 Å². The Kier molecular flexibility index (Phi) is 3.05. The lowest BCUT2D eigenvalue weighted by molar-refractivity contribution is -0.118. The first-order valence-electron chi connectivity index (χ1n) is 8.15. The summed E-state index contributed by atoms with van der Waals surface area (Å²) < 4.78 is 0. The lowest BCUT2D eigenvalue weighted by atomic mass is 9.65. The molecule has 4 rings (SSSR count). The number of nitrogens with one attached hydrogen (secondary N) is 1. The Morgan fingerprint density at radius 3 is 2.87 bits per heavy atom. The molecule has 118 valence electrons. The molecule has 4 heteroatoms. The molecule has 2 aliphatic carbocycles. The molecule has 0 saturated carbocycles. The molecule has 2 aromatic rings. The maximum atomic E-state index is 13.0. The van der Waals surface area contributed by atoms with Gasteiger partial charge >= 0.3 is 0 Å². The fraction of sp³-hybridized carbons (Fsp3) is 0.421. The van der Waals surface area contributed by atoms with Gasteiger partial charge in [-0.25, -0.2) is 0 Å². The molecule has 0 bridgehead atoms. The van der Waals surface area contributed by atoms with Gasteiger partial charge in [-0.3, -0.25) is 14.9 Å². The fourth-order valence-electron chi connectivity index (χ4n) is 4.22. The molecule has 0 radical (unpaired) electrons. The molecular weight excluding hydrogens is 286 g/mol. The Balaban J connectivity index is 1.94. The van der Waals surface area contributed by atoms with Gasteiger partial charge in [0, 0.05) is 48.0 Å². The first-order chi connectivity index (χ1) is 11.0. The smallest absolute Gasteiger partial charge is 0.160 e. The predicted molar refractivity (Wildman–Crippen MR) is 88.2 cm³/mol. The van der Waals surface area contributed by atoms with Crippen molar-refractivity contribution in [1.29, 1.82) is 0 Å². The Morgan fingerprint density at radius 2 is 2.13 bits per heavy atom. The van der Waals surface area contributed by atoms with E-state index in [9.17, 15) is 4.79 Å². The number of fused-ring (bicyclic) bond motifs is 1. The zero-order chi connectivity index (χ0) is 16.2. The summed E-state index contributed by atoms with van der Waals surface area (Å²) in [6.07, 6.45) is 6.03. The Bertz CT molecular complexity index is 814. The van der Waals surface area contributed by atoms with Gasteiger partial charge in [-0.2, -0.15) is 5.10 Å². The van der Waals surface area contributed by atoms with Crippen molar-refractivity contribution >= 4 is 5.78 Å². The van der Waals surface area contributed by atoms with Gasteiger partial charge in [0.1, 0.15) is 0 Å². The Labute approximate surface area is 136 Å². The van der Waals surface area contributed by atoms with Crippen molar-refractivity contribution < 1.29 is 4.79 Å². The van der Waals surface area contributed by atoms with Gasteiger partial charge in [-0.05, 0) is 30.4 Å². The van der Waals surface area contributed by atoms with E-state index in [1.54, 1.807) is 6.20 Å². The van der Waals surface area contributed by atoms with Crippen LogP contribution in [0.4, 0.5) is 0 Å². The van der Waals surface area contributed by atoms with Crippen LogP contribution in [0.1, 0.15) is 55.1 Å². The average molecular weight is 307 g/mol. The quantitative estimate of drug-likeness (QED) is 0.877. The van der Waals surface area contributed by atoms with Gasteiger partial charge in [0.05, 0.1) is 5.69 Å². The third-order valence-electron chi connectivity index (χ3n) is 5.06. The second kappa shape index (κ2) is 4.88. The van der Waals surface area contributed by atoms with E-state index in [1.165, 1.54) is 11.1 Å². The summed E-state index contributed by atoms with van der Waals surface area (Å²) in [7, 11) is 0. The number of ketones is 1. The van der Waals surface area contributed by atoms with E-state index in [-0.39, 0.29) is 17.1 Å². The van der Waals surface area contributed by atoms with Crippen LogP contribution in [0.25, 0.3) is 0 Å². The van der Waals surface area contributed by atoms with Crippen molar-refractivity contribution in [3.05, 3.63) is 58.2 Å². The lowest BCUT2D eigenvalue weighted by Crippen LogP contribution is -2.32. The summed E-state index contributed by atoms with van der Waals surface area (Å²) in [6, 6.07) is 4.01. The maximum Gasteiger partial charge on any atom is 0.160 e. The summed E-state index contributed by atoms with van der Waals surface area (Å²) in [5.41, 5.74) is 6.69. The van der Waals surface area contributed by atoms with Crippen LogP contribution in [0.2, 0.25) is 0 Å². The molecule has 2 heterocycles. The minimum atomic E-state index is -0.0233. The van der Waals surface area contributed by atoms with E-state index in [2.05, 4.69) is 35.1 Å². The van der Waals surface area contributed by atoms with Gasteiger partial charge in [0.15, 0.2) is 5.78 Å². The van der Waals surface area contributed by atoms with Crippen LogP contribution in [0.3, 0.4) is 0 Å². The summed E-state index contributed by atoms with van der Waals surface area (Å²) in [4.78, 5) is 17.2. The molecule has 1 N–H and O–H groups in total. The summed E-state index contributed by atoms with van der Waals surface area (Å²) in [5.74, 6) is 0.265. The number of rotatable bonds is 1. The Morgan fingerprint density at radius 1 is 1.30 bits per heavy atom. The monoisotopic (exact) mass is 307 g/mol. The summed E-state index contributed by atoms with van der Waals surface area (Å²) in [6.45, 7) is 6.40. The van der Waals surface area contributed by atoms with Crippen LogP contribution in [0.15, 0.2) is 35.7 Å². The molecule has 0 aromatic carbocycles. The number of carbonyl (C=O) groups excluding carboxylic acids is 1. The second-order valence-corrected chi connectivity index (χ2v) is 7.56. The minimum absolute atomic E-state index is 0.0233. The van der Waals surface area contributed by atoms with E-state index in [4.69, 9.17) is 0 Å². The molecule has 0 fully saturated rings. The standard InChI is InChI=1S/C19H21N3O/c1-11-16-14(22-21-11)7-13-8-19(2,3)9-15(23)17(13)18(16)12-5-4-6-20-10-12/h4-6,10,18H,7-9H2,1-3H3,(H,21,22). The zero-order valence-corrected chi connectivity index (χ0v) is 13.8. The highest BCUT2D eigenvalue weighted by Crippen LogP contribution is 2.48. The van der Waals surface area contributed by atoms with Crippen molar-refractivity contribution in [2.24, 2.45) is 5.41 Å². The molecule has 0 aliphatic heterocycles. The average Bonchev–Trinajstić information content (AvgIpc) is 2.86. The van der Waals surface area contributed by atoms with Crippen LogP contribution in [-0.4, -0.2) is 21.0 Å². The van der Waals surface area contributed by atoms with Crippen molar-refractivity contribution in [3.63, 3.8) is 0 Å². The SMILES string of the molecule is Cc1[nH]nc2c1C(c1cccnc1)C1=C(C2)CC(C)(C)CC1=O. The number of pyridine rings is 1. The van der Waals surface area contributed by atoms with Gasteiger partial charge in [-0.1, -0.05) is 25.5 Å². The highest BCUT2D eigenvalue weighted by molar-refractivity contribution is 6.00. The first kappa shape index (κ1) is 14.4. The number of aromatic amines is 1. The summed E-state index contributed by atoms with van der Waals surface area (Å²) in [5, 5.41) is 7.62. The van der Waals surface area contributed by atoms with E-state index < -0.39 is 0 Å². The molecule has 23 heavy (non-hydrogen) atoms. The topological polar surface area (TPSA) is 58.6 Å². The molecule has 2 aromatic heterocycles. The molecule has 2 aliphatic rings. The zero-order valence-electron chi connectivity index (χ0n) is 13.8. The number of aryl methyl sites for hydroxylation is 1. The molecule has 0 amide bonds. The predicted octanol–water partition coefficient (Wildman–Crippen LogP) is 3.49. The first-order valence-corrected chi connectivity index (χ1v) is 8.15. The molecule has 1 unspecified atom stereocenters. The third kappa shape index (κ3) is 2.24. The number of carbonyl (C=O) groups is 1. The van der Waals surface area contributed by atoms with Crippen LogP contribution < -0.4 is 0 Å². The van der Waals surface area contributed by atoms with Crippen molar-refractivity contribution in [2.75, 3.05) is 0 Å². The van der Waals surface area contributed by atoms with Crippen LogP contribution in [0.5, 0.6) is 0 Å². The number of Topliss-reactive ketones (excluding diaryl/α,β-unsaturated/α-hetero) is 1. The van der Waals surface area contributed by atoms with Crippen molar-refractivity contribution in [2.45, 2.75) is 46.0 Å². The lowest BCUT2D eigenvalue weighted by Gasteiger charge is -2.37. The largest absolute Gasteiger partial charge is 0.294 e. The van der Waals surface area contributed by atoms with E-state index in [0.29, 0.717) is 6.42 Å². The molecule has 0 spiro atoms. The van der Waals surface area contributed by atoms with Crippen LogP contribution in [0, 0.1) is 12.3 Å². The molecule has 1 atom stereocenters. The highest BCUT2D eigenvalue weighted by Gasteiger charge is 2.41. The second-order valence-electron chi connectivity index (χ2n) is 7.56. The minimum Gasteiger partial charge on any atom is -0.294 e. The highest BCUT2D eigenvalue weighted by atomic mass is 16.1. The summed E-state index contributed by atoms with van der Waals surface area (Å²) >= 11 is 0. The third-order valence-corrected chi connectivity index (χ3v) is 5.06. The van der Waals surface area contributed by atoms with E-state index >= 15 is 0 Å². The number of allylic oxidation sites excluding steroid dienone is 2. The molecular formula is C19H21N3O.